The molecule has 0 saturated heterocycles. The fourth-order valence-corrected chi connectivity index (χ4v) is 3.98. The molecule has 2 aliphatic carbocycles. The lowest BCUT2D eigenvalue weighted by Crippen LogP contribution is -2.26. The van der Waals surface area contributed by atoms with Crippen molar-refractivity contribution in [2.24, 2.45) is 17.8 Å². The summed E-state index contributed by atoms with van der Waals surface area (Å²) in [5, 5.41) is 3.56. The van der Waals surface area contributed by atoms with E-state index in [1.54, 1.807) is 5.56 Å². The minimum absolute atomic E-state index is 0.874. The second kappa shape index (κ2) is 5.44. The highest BCUT2D eigenvalue weighted by Crippen LogP contribution is 2.57. The van der Waals surface area contributed by atoms with Crippen LogP contribution in [0.25, 0.3) is 0 Å². The highest BCUT2D eigenvalue weighted by atomic mass is 14.9. The second-order valence-corrected chi connectivity index (χ2v) is 6.08. The summed E-state index contributed by atoms with van der Waals surface area (Å²) >= 11 is 0. The summed E-state index contributed by atoms with van der Waals surface area (Å²) < 4.78 is 0. The summed E-state index contributed by atoms with van der Waals surface area (Å²) in [5.74, 6) is 3.80. The maximum atomic E-state index is 3.56. The molecule has 0 aliphatic heterocycles. The molecule has 4 atom stereocenters. The monoisotopic (exact) mass is 243 g/mol. The molecule has 1 N–H and O–H groups in total. The molecule has 1 heteroatoms. The maximum Gasteiger partial charge on any atom is -0.00179 e. The molecule has 2 fully saturated rings. The highest BCUT2D eigenvalue weighted by molar-refractivity contribution is 5.26. The van der Waals surface area contributed by atoms with E-state index in [9.17, 15) is 0 Å². The molecule has 0 spiro atoms. The van der Waals surface area contributed by atoms with Crippen molar-refractivity contribution in [2.75, 3.05) is 13.1 Å². The Morgan fingerprint density at radius 1 is 1.11 bits per heavy atom. The second-order valence-electron chi connectivity index (χ2n) is 6.08. The summed E-state index contributed by atoms with van der Waals surface area (Å²) in [4.78, 5) is 0. The minimum Gasteiger partial charge on any atom is -0.317 e. The van der Waals surface area contributed by atoms with E-state index < -0.39 is 0 Å². The lowest BCUT2D eigenvalue weighted by Gasteiger charge is -2.20. The molecule has 2 saturated carbocycles. The average molecular weight is 243 g/mol. The molecule has 98 valence electrons. The zero-order chi connectivity index (χ0) is 12.4. The average Bonchev–Trinajstić information content (AvgIpc) is 3.08. The van der Waals surface area contributed by atoms with Crippen LogP contribution in [0.5, 0.6) is 0 Å². The van der Waals surface area contributed by atoms with Gasteiger partial charge in [0.25, 0.3) is 0 Å². The van der Waals surface area contributed by atoms with E-state index in [0.29, 0.717) is 0 Å². The molecular formula is C17H25N. The van der Waals surface area contributed by atoms with Crippen LogP contribution in [0, 0.1) is 17.8 Å². The van der Waals surface area contributed by atoms with Crippen molar-refractivity contribution < 1.29 is 0 Å². The molecule has 0 amide bonds. The van der Waals surface area contributed by atoms with E-state index in [2.05, 4.69) is 42.6 Å². The predicted octanol–water partition coefficient (Wildman–Crippen LogP) is 3.82. The van der Waals surface area contributed by atoms with Gasteiger partial charge in [0.15, 0.2) is 0 Å². The van der Waals surface area contributed by atoms with Crippen LogP contribution in [-0.2, 0) is 0 Å². The van der Waals surface area contributed by atoms with Gasteiger partial charge in [0.05, 0.1) is 0 Å². The zero-order valence-corrected chi connectivity index (χ0v) is 11.4. The first-order chi connectivity index (χ1) is 8.90. The van der Waals surface area contributed by atoms with Gasteiger partial charge in [-0.05, 0) is 61.6 Å². The standard InChI is InChI=1S/C17H25N/c1-2-18-12-14-9-6-10-15(14)17-11-16(17)13-7-4-3-5-8-13/h3-5,7-8,14-18H,2,6,9-12H2,1H3. The Kier molecular flexibility index (Phi) is 3.69. The Bertz CT molecular complexity index is 372. The smallest absolute Gasteiger partial charge is 0.00179 e. The van der Waals surface area contributed by atoms with E-state index in [-0.39, 0.29) is 0 Å². The van der Waals surface area contributed by atoms with E-state index in [4.69, 9.17) is 0 Å². The van der Waals surface area contributed by atoms with Crippen LogP contribution in [0.15, 0.2) is 30.3 Å². The minimum atomic E-state index is 0.874. The van der Waals surface area contributed by atoms with Gasteiger partial charge in [-0.15, -0.1) is 0 Å². The van der Waals surface area contributed by atoms with Crippen LogP contribution in [0.2, 0.25) is 0 Å². The molecule has 3 rings (SSSR count). The van der Waals surface area contributed by atoms with Gasteiger partial charge in [-0.3, -0.25) is 0 Å². The first-order valence-electron chi connectivity index (χ1n) is 7.65. The molecule has 2 aliphatic rings. The Balaban J connectivity index is 1.60. The van der Waals surface area contributed by atoms with Gasteiger partial charge in [0, 0.05) is 0 Å². The molecule has 0 bridgehead atoms. The van der Waals surface area contributed by atoms with Gasteiger partial charge in [-0.1, -0.05) is 43.7 Å². The van der Waals surface area contributed by atoms with E-state index >= 15 is 0 Å². The van der Waals surface area contributed by atoms with Gasteiger partial charge in [-0.25, -0.2) is 0 Å². The van der Waals surface area contributed by atoms with Gasteiger partial charge in [-0.2, -0.15) is 0 Å². The van der Waals surface area contributed by atoms with Gasteiger partial charge < -0.3 is 5.32 Å². The number of benzene rings is 1. The number of nitrogens with one attached hydrogen (secondary N) is 1. The quantitative estimate of drug-likeness (QED) is 0.829. The van der Waals surface area contributed by atoms with Crippen molar-refractivity contribution in [3.63, 3.8) is 0 Å². The summed E-state index contributed by atoms with van der Waals surface area (Å²) in [5.41, 5.74) is 1.58. The molecule has 1 aromatic rings. The van der Waals surface area contributed by atoms with Crippen LogP contribution in [0.1, 0.15) is 44.1 Å². The van der Waals surface area contributed by atoms with Crippen molar-refractivity contribution >= 4 is 0 Å². The molecule has 0 radical (unpaired) electrons. The SMILES string of the molecule is CCNCC1CCCC1C1CC1c1ccccc1. The molecule has 1 nitrogen and oxygen atoms in total. The Morgan fingerprint density at radius 2 is 1.94 bits per heavy atom. The van der Waals surface area contributed by atoms with Crippen molar-refractivity contribution in [2.45, 2.75) is 38.5 Å². The lowest BCUT2D eigenvalue weighted by atomic mass is 9.89. The van der Waals surface area contributed by atoms with E-state index in [0.717, 1.165) is 30.2 Å². The first kappa shape index (κ1) is 12.2. The topological polar surface area (TPSA) is 12.0 Å². The largest absolute Gasteiger partial charge is 0.317 e. The fourth-order valence-electron chi connectivity index (χ4n) is 3.98. The maximum absolute atomic E-state index is 3.56. The van der Waals surface area contributed by atoms with Crippen LogP contribution < -0.4 is 5.32 Å². The van der Waals surface area contributed by atoms with Crippen molar-refractivity contribution in [1.82, 2.24) is 5.32 Å². The summed E-state index contributed by atoms with van der Waals surface area (Å²) in [6, 6.07) is 11.1. The molecule has 4 unspecified atom stereocenters. The summed E-state index contributed by atoms with van der Waals surface area (Å²) in [6.07, 6.45) is 5.83. The molecule has 18 heavy (non-hydrogen) atoms. The summed E-state index contributed by atoms with van der Waals surface area (Å²) in [6.45, 7) is 4.59. The first-order valence-corrected chi connectivity index (χ1v) is 7.65. The Hall–Kier alpha value is -0.820. The third-order valence-corrected chi connectivity index (χ3v) is 4.99. The summed E-state index contributed by atoms with van der Waals surface area (Å²) in [7, 11) is 0. The third kappa shape index (κ3) is 2.47. The molecule has 0 aromatic heterocycles. The number of hydrogen-bond donors (Lipinski definition) is 1. The highest BCUT2D eigenvalue weighted by Gasteiger charge is 2.47. The number of rotatable bonds is 5. The molecular weight excluding hydrogens is 218 g/mol. The fraction of sp³-hybridized carbons (Fsp3) is 0.647. The Morgan fingerprint density at radius 3 is 2.72 bits per heavy atom. The van der Waals surface area contributed by atoms with Crippen molar-refractivity contribution in [3.05, 3.63) is 35.9 Å². The molecule has 1 aromatic carbocycles. The predicted molar refractivity (Wildman–Crippen MR) is 76.7 cm³/mol. The van der Waals surface area contributed by atoms with Crippen molar-refractivity contribution in [1.29, 1.82) is 0 Å². The van der Waals surface area contributed by atoms with Crippen LogP contribution in [0.3, 0.4) is 0 Å². The van der Waals surface area contributed by atoms with E-state index in [1.165, 1.54) is 32.2 Å². The third-order valence-electron chi connectivity index (χ3n) is 4.99. The normalized spacial score (nSPS) is 34.7. The van der Waals surface area contributed by atoms with Gasteiger partial charge in [0.1, 0.15) is 0 Å². The molecule has 0 heterocycles. The van der Waals surface area contributed by atoms with Crippen molar-refractivity contribution in [3.8, 4) is 0 Å². The van der Waals surface area contributed by atoms with E-state index in [1.807, 2.05) is 0 Å². The van der Waals surface area contributed by atoms with Gasteiger partial charge in [0.2, 0.25) is 0 Å². The number of hydrogen-bond acceptors (Lipinski definition) is 1. The van der Waals surface area contributed by atoms with Crippen LogP contribution in [0.4, 0.5) is 0 Å². The van der Waals surface area contributed by atoms with Crippen LogP contribution >= 0.6 is 0 Å². The van der Waals surface area contributed by atoms with Crippen LogP contribution in [-0.4, -0.2) is 13.1 Å². The van der Waals surface area contributed by atoms with Gasteiger partial charge >= 0.3 is 0 Å². The zero-order valence-electron chi connectivity index (χ0n) is 11.4. The lowest BCUT2D eigenvalue weighted by molar-refractivity contribution is 0.328. The Labute approximate surface area is 111 Å².